The molecule has 0 radical (unpaired) electrons. The second-order valence-electron chi connectivity index (χ2n) is 5.85. The molecule has 0 fully saturated rings. The van der Waals surface area contributed by atoms with Crippen LogP contribution in [-0.2, 0) is 9.47 Å². The Morgan fingerprint density at radius 3 is 2.75 bits per heavy atom. The van der Waals surface area contributed by atoms with Gasteiger partial charge in [0.25, 0.3) is 5.56 Å². The first-order valence-electron chi connectivity index (χ1n) is 8.30. The van der Waals surface area contributed by atoms with Crippen LogP contribution in [-0.4, -0.2) is 17.3 Å². The number of hydrogen-bond acceptors (Lipinski definition) is 6. The van der Waals surface area contributed by atoms with Crippen molar-refractivity contribution in [3.05, 3.63) is 97.9 Å². The third kappa shape index (κ3) is 3.67. The van der Waals surface area contributed by atoms with Gasteiger partial charge in [0.05, 0.1) is 0 Å². The highest BCUT2D eigenvalue weighted by Gasteiger charge is 2.26. The largest absolute Gasteiger partial charge is 0.462 e. The number of benzene rings is 1. The first kappa shape index (κ1) is 18.3. The Hall–Kier alpha value is -3.03. The number of pyridine rings is 1. The molecular weight excluding hydrogens is 402 g/mol. The first-order valence-corrected chi connectivity index (χ1v) is 9.56. The van der Waals surface area contributed by atoms with E-state index in [1.54, 1.807) is 35.7 Å². The van der Waals surface area contributed by atoms with Crippen molar-refractivity contribution in [1.82, 2.24) is 4.57 Å². The van der Waals surface area contributed by atoms with Gasteiger partial charge in [-0.05, 0) is 23.6 Å². The Bertz CT molecular complexity index is 1090. The van der Waals surface area contributed by atoms with Crippen LogP contribution in [0.15, 0.2) is 76.9 Å². The number of rotatable bonds is 5. The molecule has 142 valence electrons. The van der Waals surface area contributed by atoms with Gasteiger partial charge in [-0.25, -0.2) is 4.79 Å². The van der Waals surface area contributed by atoms with E-state index < -0.39 is 12.0 Å². The predicted octanol–water partition coefficient (Wildman–Crippen LogP) is 4.22. The summed E-state index contributed by atoms with van der Waals surface area (Å²) in [6.45, 7) is 0.0710. The molecule has 1 atom stereocenters. The second kappa shape index (κ2) is 7.92. The zero-order valence-corrected chi connectivity index (χ0v) is 16.0. The fourth-order valence-corrected chi connectivity index (χ4v) is 3.67. The highest BCUT2D eigenvalue weighted by atomic mass is 35.5. The number of esters is 1. The zero-order chi connectivity index (χ0) is 19.5. The molecule has 0 saturated carbocycles. The monoisotopic (exact) mass is 415 g/mol. The van der Waals surface area contributed by atoms with E-state index in [9.17, 15) is 9.59 Å². The Kier molecular flexibility index (Phi) is 5.18. The lowest BCUT2D eigenvalue weighted by molar-refractivity contribution is 0.0726. The van der Waals surface area contributed by atoms with E-state index in [2.05, 4.69) is 0 Å². The summed E-state index contributed by atoms with van der Waals surface area (Å²) in [4.78, 5) is 25.4. The van der Waals surface area contributed by atoms with Gasteiger partial charge in [0.1, 0.15) is 22.9 Å². The highest BCUT2D eigenvalue weighted by Crippen LogP contribution is 2.33. The smallest absolute Gasteiger partial charge is 0.353 e. The molecule has 0 spiro atoms. The maximum Gasteiger partial charge on any atom is 0.353 e. The van der Waals surface area contributed by atoms with E-state index in [4.69, 9.17) is 25.8 Å². The molecule has 2 aromatic heterocycles. The minimum Gasteiger partial charge on any atom is -0.462 e. The van der Waals surface area contributed by atoms with Crippen molar-refractivity contribution in [2.24, 2.45) is 0 Å². The zero-order valence-electron chi connectivity index (χ0n) is 14.4. The minimum absolute atomic E-state index is 0.0710. The van der Waals surface area contributed by atoms with Gasteiger partial charge in [-0.3, -0.25) is 4.79 Å². The predicted molar refractivity (Wildman–Crippen MR) is 105 cm³/mol. The average molecular weight is 416 g/mol. The molecule has 1 aliphatic heterocycles. The van der Waals surface area contributed by atoms with Crippen LogP contribution in [0.3, 0.4) is 0 Å². The van der Waals surface area contributed by atoms with Crippen molar-refractivity contribution in [1.29, 1.82) is 0 Å². The van der Waals surface area contributed by atoms with Gasteiger partial charge in [0.15, 0.2) is 5.76 Å². The van der Waals surface area contributed by atoms with E-state index in [1.165, 1.54) is 34.4 Å². The summed E-state index contributed by atoms with van der Waals surface area (Å²) in [5.41, 5.74) is 0.309. The summed E-state index contributed by atoms with van der Waals surface area (Å²) >= 11 is 7.62. The number of nitrogens with zero attached hydrogens (tertiary/aromatic N) is 1. The lowest BCUT2D eigenvalue weighted by atomic mass is 10.0. The molecule has 1 aromatic carbocycles. The van der Waals surface area contributed by atoms with Gasteiger partial charge >= 0.3 is 5.97 Å². The number of hydrogen-bond donors (Lipinski definition) is 0. The van der Waals surface area contributed by atoms with Crippen molar-refractivity contribution in [3.63, 3.8) is 0 Å². The fourth-order valence-electron chi connectivity index (χ4n) is 2.83. The van der Waals surface area contributed by atoms with E-state index in [0.29, 0.717) is 21.2 Å². The van der Waals surface area contributed by atoms with Gasteiger partial charge < -0.3 is 18.8 Å². The van der Waals surface area contributed by atoms with Crippen LogP contribution in [0.5, 0.6) is 5.75 Å². The molecule has 8 heteroatoms. The lowest BCUT2D eigenvalue weighted by Gasteiger charge is -2.21. The standard InChI is InChI=1S/C20H14ClNO5S/c21-15-5-2-1-4-14(15)19(16-11-25-12-26-16)22-8-7-13(10-18(22)23)27-20(24)17-6-3-9-28-17/h1-11,19H,12H2. The summed E-state index contributed by atoms with van der Waals surface area (Å²) in [6, 6.07) is 12.8. The molecular formula is C20H14ClNO5S. The normalized spacial score (nSPS) is 14.0. The number of allylic oxidation sites excluding steroid dienone is 1. The van der Waals surface area contributed by atoms with Crippen molar-refractivity contribution < 1.29 is 19.0 Å². The maximum atomic E-state index is 12.8. The number of carbonyl (C=O) groups excluding carboxylic acids is 1. The third-order valence-electron chi connectivity index (χ3n) is 4.09. The molecule has 1 unspecified atom stereocenters. The van der Waals surface area contributed by atoms with Gasteiger partial charge in [-0.2, -0.15) is 0 Å². The van der Waals surface area contributed by atoms with Crippen LogP contribution in [0, 0.1) is 0 Å². The maximum absolute atomic E-state index is 12.8. The molecule has 0 amide bonds. The van der Waals surface area contributed by atoms with Crippen molar-refractivity contribution in [3.8, 4) is 5.75 Å². The number of thiophene rings is 1. The molecule has 0 aliphatic carbocycles. The molecule has 3 aromatic rings. The summed E-state index contributed by atoms with van der Waals surface area (Å²) in [5, 5.41) is 2.27. The molecule has 0 bridgehead atoms. The van der Waals surface area contributed by atoms with Crippen LogP contribution < -0.4 is 10.3 Å². The first-order chi connectivity index (χ1) is 13.6. The molecule has 1 aliphatic rings. The number of halogens is 1. The Labute approximate surface area is 169 Å². The van der Waals surface area contributed by atoms with Gasteiger partial charge in [-0.1, -0.05) is 35.9 Å². The molecule has 28 heavy (non-hydrogen) atoms. The number of aromatic nitrogens is 1. The van der Waals surface area contributed by atoms with Crippen LogP contribution in [0.2, 0.25) is 5.02 Å². The van der Waals surface area contributed by atoms with Gasteiger partial charge in [0.2, 0.25) is 6.79 Å². The summed E-state index contributed by atoms with van der Waals surface area (Å²) in [5.74, 6) is 0.110. The summed E-state index contributed by atoms with van der Waals surface area (Å²) in [7, 11) is 0. The van der Waals surface area contributed by atoms with Crippen molar-refractivity contribution >= 4 is 28.9 Å². The quantitative estimate of drug-likeness (QED) is 0.584. The average Bonchev–Trinajstić information content (AvgIpc) is 3.39. The fraction of sp³-hybridized carbons (Fsp3) is 0.100. The number of carbonyl (C=O) groups is 1. The lowest BCUT2D eigenvalue weighted by Crippen LogP contribution is -2.26. The van der Waals surface area contributed by atoms with Crippen LogP contribution >= 0.6 is 22.9 Å². The van der Waals surface area contributed by atoms with E-state index >= 15 is 0 Å². The minimum atomic E-state index is -0.606. The molecule has 4 rings (SSSR count). The third-order valence-corrected chi connectivity index (χ3v) is 5.29. The van der Waals surface area contributed by atoms with Crippen molar-refractivity contribution in [2.75, 3.05) is 6.79 Å². The van der Waals surface area contributed by atoms with E-state index in [1.807, 2.05) is 12.1 Å². The Balaban J connectivity index is 1.69. The van der Waals surface area contributed by atoms with Crippen LogP contribution in [0.4, 0.5) is 0 Å². The summed E-state index contributed by atoms with van der Waals surface area (Å²) in [6.07, 6.45) is 3.00. The number of ether oxygens (including phenoxy) is 3. The van der Waals surface area contributed by atoms with Crippen molar-refractivity contribution in [2.45, 2.75) is 6.04 Å². The van der Waals surface area contributed by atoms with Crippen LogP contribution in [0.25, 0.3) is 0 Å². The molecule has 3 heterocycles. The molecule has 0 N–H and O–H groups in total. The van der Waals surface area contributed by atoms with E-state index in [0.717, 1.165) is 0 Å². The topological polar surface area (TPSA) is 66.8 Å². The van der Waals surface area contributed by atoms with E-state index in [-0.39, 0.29) is 18.1 Å². The van der Waals surface area contributed by atoms with Gasteiger partial charge in [0, 0.05) is 22.8 Å². The van der Waals surface area contributed by atoms with Crippen LogP contribution in [0.1, 0.15) is 21.3 Å². The Morgan fingerprint density at radius 1 is 1.21 bits per heavy atom. The van der Waals surface area contributed by atoms with Gasteiger partial charge in [-0.15, -0.1) is 11.3 Å². The highest BCUT2D eigenvalue weighted by molar-refractivity contribution is 7.12. The molecule has 6 nitrogen and oxygen atoms in total. The SMILES string of the molecule is O=C(Oc1ccn(C(C2=COCO2)c2ccccc2Cl)c(=O)c1)c1cccs1. The Morgan fingerprint density at radius 2 is 2.07 bits per heavy atom. The summed E-state index contributed by atoms with van der Waals surface area (Å²) < 4.78 is 17.4. The molecule has 0 saturated heterocycles. The second-order valence-corrected chi connectivity index (χ2v) is 7.20.